The minimum Gasteiger partial charge on any atom is -0.477 e. The van der Waals surface area contributed by atoms with E-state index in [9.17, 15) is 4.79 Å². The highest BCUT2D eigenvalue weighted by Crippen LogP contribution is 2.12. The highest BCUT2D eigenvalue weighted by atomic mass is 35.5. The van der Waals surface area contributed by atoms with Crippen LogP contribution in [0, 0.1) is 11.3 Å². The van der Waals surface area contributed by atoms with Gasteiger partial charge in [0, 0.05) is 17.6 Å². The lowest BCUT2D eigenvalue weighted by atomic mass is 10.1. The summed E-state index contributed by atoms with van der Waals surface area (Å²) in [5, 5.41) is 22.0. The van der Waals surface area contributed by atoms with Gasteiger partial charge < -0.3 is 5.11 Å². The van der Waals surface area contributed by atoms with Crippen LogP contribution in [0.5, 0.6) is 0 Å². The van der Waals surface area contributed by atoms with E-state index in [1.807, 2.05) is 6.07 Å². The second kappa shape index (κ2) is 6.68. The molecular weight excluding hydrogens is 292 g/mol. The van der Waals surface area contributed by atoms with Crippen LogP contribution in [0.25, 0.3) is 12.2 Å². The van der Waals surface area contributed by atoms with Crippen LogP contribution in [0.2, 0.25) is 0 Å². The molecule has 106 valence electrons. The van der Waals surface area contributed by atoms with Gasteiger partial charge in [0.15, 0.2) is 0 Å². The number of nitrogens with zero attached hydrogens (tertiary/aromatic N) is 4. The van der Waals surface area contributed by atoms with Crippen molar-refractivity contribution in [3.8, 4) is 6.07 Å². The first-order valence-electron chi connectivity index (χ1n) is 6.05. The monoisotopic (exact) mass is 302 g/mol. The van der Waals surface area contributed by atoms with Gasteiger partial charge in [0.1, 0.15) is 11.8 Å². The SMILES string of the molecule is N#Cc1ccc(C(=O)O)nc1C=Cc1cnn(CCCl)c1. The third kappa shape index (κ3) is 3.68. The molecule has 0 aliphatic rings. The Bertz CT molecular complexity index is 731. The number of nitriles is 1. The molecule has 2 aromatic heterocycles. The predicted octanol–water partition coefficient (Wildman–Crippen LogP) is 2.26. The number of aromatic nitrogens is 3. The van der Waals surface area contributed by atoms with Gasteiger partial charge in [0.25, 0.3) is 0 Å². The smallest absolute Gasteiger partial charge is 0.354 e. The molecule has 0 radical (unpaired) electrons. The molecule has 0 aliphatic heterocycles. The van der Waals surface area contributed by atoms with Gasteiger partial charge in [0.05, 0.1) is 24.0 Å². The van der Waals surface area contributed by atoms with Crippen molar-refractivity contribution in [3.05, 3.63) is 47.0 Å². The largest absolute Gasteiger partial charge is 0.477 e. The fourth-order valence-electron chi connectivity index (χ4n) is 1.67. The third-order valence-corrected chi connectivity index (χ3v) is 2.83. The van der Waals surface area contributed by atoms with Gasteiger partial charge in [-0.2, -0.15) is 10.4 Å². The number of hydrogen-bond acceptors (Lipinski definition) is 4. The van der Waals surface area contributed by atoms with E-state index in [4.69, 9.17) is 22.0 Å². The van der Waals surface area contributed by atoms with Crippen molar-refractivity contribution < 1.29 is 9.90 Å². The third-order valence-electron chi connectivity index (χ3n) is 2.66. The minimum atomic E-state index is -1.14. The molecule has 2 rings (SSSR count). The average molecular weight is 303 g/mol. The minimum absolute atomic E-state index is 0.105. The number of aromatic carboxylic acids is 1. The first-order valence-corrected chi connectivity index (χ1v) is 6.58. The average Bonchev–Trinajstić information content (AvgIpc) is 2.92. The molecule has 1 N–H and O–H groups in total. The second-order valence-electron chi connectivity index (χ2n) is 4.11. The number of hydrogen-bond donors (Lipinski definition) is 1. The molecule has 2 aromatic rings. The van der Waals surface area contributed by atoms with Gasteiger partial charge in [-0.25, -0.2) is 9.78 Å². The highest BCUT2D eigenvalue weighted by Gasteiger charge is 2.08. The number of pyridine rings is 1. The second-order valence-corrected chi connectivity index (χ2v) is 4.48. The quantitative estimate of drug-likeness (QED) is 0.855. The van der Waals surface area contributed by atoms with Crippen LogP contribution in [0.15, 0.2) is 24.5 Å². The van der Waals surface area contributed by atoms with Gasteiger partial charge in [-0.05, 0) is 24.3 Å². The Morgan fingerprint density at radius 3 is 2.95 bits per heavy atom. The van der Waals surface area contributed by atoms with E-state index in [0.29, 0.717) is 23.7 Å². The molecule has 0 unspecified atom stereocenters. The molecule has 0 aliphatic carbocycles. The molecule has 0 fully saturated rings. The maximum atomic E-state index is 10.9. The van der Waals surface area contributed by atoms with Crippen LogP contribution in [0.4, 0.5) is 0 Å². The summed E-state index contributed by atoms with van der Waals surface area (Å²) >= 11 is 5.62. The van der Waals surface area contributed by atoms with Gasteiger partial charge in [0.2, 0.25) is 0 Å². The standard InChI is InChI=1S/C14H11ClN4O2/c15-5-6-19-9-10(8-17-19)1-3-12-11(7-16)2-4-13(18-12)14(20)21/h1-4,8-9H,5-6H2,(H,20,21). The van der Waals surface area contributed by atoms with E-state index >= 15 is 0 Å². The summed E-state index contributed by atoms with van der Waals surface area (Å²) in [7, 11) is 0. The molecule has 0 saturated heterocycles. The Balaban J connectivity index is 2.28. The summed E-state index contributed by atoms with van der Waals surface area (Å²) < 4.78 is 1.69. The fraction of sp³-hybridized carbons (Fsp3) is 0.143. The van der Waals surface area contributed by atoms with Gasteiger partial charge in [-0.3, -0.25) is 4.68 Å². The Morgan fingerprint density at radius 1 is 1.48 bits per heavy atom. The maximum Gasteiger partial charge on any atom is 0.354 e. The molecule has 0 saturated carbocycles. The number of alkyl halides is 1. The van der Waals surface area contributed by atoms with E-state index in [-0.39, 0.29) is 5.69 Å². The Hall–Kier alpha value is -2.65. The molecule has 2 heterocycles. The van der Waals surface area contributed by atoms with E-state index in [1.165, 1.54) is 12.1 Å². The zero-order valence-electron chi connectivity index (χ0n) is 10.9. The summed E-state index contributed by atoms with van der Waals surface area (Å²) in [5.74, 6) is -0.671. The molecule has 0 aromatic carbocycles. The van der Waals surface area contributed by atoms with Crippen LogP contribution in [0.3, 0.4) is 0 Å². The number of carboxylic acids is 1. The first-order chi connectivity index (χ1) is 10.1. The molecule has 21 heavy (non-hydrogen) atoms. The van der Waals surface area contributed by atoms with Crippen molar-refractivity contribution in [2.75, 3.05) is 5.88 Å². The molecule has 6 nitrogen and oxygen atoms in total. The van der Waals surface area contributed by atoms with Crippen molar-refractivity contribution in [1.29, 1.82) is 5.26 Å². The number of aryl methyl sites for hydroxylation is 1. The van der Waals surface area contributed by atoms with Crippen LogP contribution < -0.4 is 0 Å². The van der Waals surface area contributed by atoms with Gasteiger partial charge in [-0.1, -0.05) is 0 Å². The van der Waals surface area contributed by atoms with E-state index < -0.39 is 5.97 Å². The molecule has 0 atom stereocenters. The molecule has 0 amide bonds. The van der Waals surface area contributed by atoms with Gasteiger partial charge >= 0.3 is 5.97 Å². The summed E-state index contributed by atoms with van der Waals surface area (Å²) in [6.45, 7) is 0.603. The zero-order valence-corrected chi connectivity index (χ0v) is 11.7. The molecule has 0 spiro atoms. The molecular formula is C14H11ClN4O2. The lowest BCUT2D eigenvalue weighted by Gasteiger charge is -1.99. The zero-order chi connectivity index (χ0) is 15.2. The molecule has 0 bridgehead atoms. The number of halogens is 1. The summed E-state index contributed by atoms with van der Waals surface area (Å²) in [5.41, 5.74) is 1.32. The number of carboxylic acid groups (broad SMARTS) is 1. The molecule has 7 heteroatoms. The maximum absolute atomic E-state index is 10.9. The van der Waals surface area contributed by atoms with E-state index in [0.717, 1.165) is 5.56 Å². The van der Waals surface area contributed by atoms with Crippen LogP contribution in [-0.2, 0) is 6.54 Å². The van der Waals surface area contributed by atoms with Crippen LogP contribution >= 0.6 is 11.6 Å². The van der Waals surface area contributed by atoms with Crippen LogP contribution in [0.1, 0.15) is 27.3 Å². The summed E-state index contributed by atoms with van der Waals surface area (Å²) in [6, 6.07) is 4.72. The highest BCUT2D eigenvalue weighted by molar-refractivity contribution is 6.17. The van der Waals surface area contributed by atoms with Crippen molar-refractivity contribution in [3.63, 3.8) is 0 Å². The normalized spacial score (nSPS) is 10.7. The fourth-order valence-corrected chi connectivity index (χ4v) is 1.84. The van der Waals surface area contributed by atoms with Crippen molar-refractivity contribution in [2.45, 2.75) is 6.54 Å². The van der Waals surface area contributed by atoms with Gasteiger partial charge in [-0.15, -0.1) is 11.6 Å². The topological polar surface area (TPSA) is 91.8 Å². The number of rotatable bonds is 5. The first kappa shape index (κ1) is 14.8. The lowest BCUT2D eigenvalue weighted by molar-refractivity contribution is 0.0690. The summed E-state index contributed by atoms with van der Waals surface area (Å²) in [6.07, 6.45) is 6.75. The van der Waals surface area contributed by atoms with Crippen molar-refractivity contribution in [2.24, 2.45) is 0 Å². The Labute approximate surface area is 125 Å². The summed E-state index contributed by atoms with van der Waals surface area (Å²) in [4.78, 5) is 14.9. The van der Waals surface area contributed by atoms with E-state index in [2.05, 4.69) is 10.1 Å². The lowest BCUT2D eigenvalue weighted by Crippen LogP contribution is -2.02. The number of carbonyl (C=O) groups is 1. The van der Waals surface area contributed by atoms with Crippen LogP contribution in [-0.4, -0.2) is 31.7 Å². The van der Waals surface area contributed by atoms with Crippen molar-refractivity contribution in [1.82, 2.24) is 14.8 Å². The van der Waals surface area contributed by atoms with E-state index in [1.54, 1.807) is 29.2 Å². The predicted molar refractivity (Wildman–Crippen MR) is 77.8 cm³/mol. The van der Waals surface area contributed by atoms with Crippen molar-refractivity contribution >= 4 is 29.7 Å². The Morgan fingerprint density at radius 2 is 2.29 bits per heavy atom. The Kier molecular flexibility index (Phi) is 4.69.